The van der Waals surface area contributed by atoms with Gasteiger partial charge >= 0.3 is 6.09 Å². The van der Waals surface area contributed by atoms with Crippen LogP contribution in [0.15, 0.2) is 48.7 Å². The van der Waals surface area contributed by atoms with Gasteiger partial charge < -0.3 is 10.4 Å². The molecule has 1 aliphatic heterocycles. The molecule has 2 aromatic rings. The number of sulfonamides is 1. The molecule has 2 saturated carbocycles. The quantitative estimate of drug-likeness (QED) is 0.656. The summed E-state index contributed by atoms with van der Waals surface area (Å²) in [5.74, 6) is 0.503. The van der Waals surface area contributed by atoms with Gasteiger partial charge in [0.25, 0.3) is 0 Å². The standard InChI is InChI=1S/C26H30FN3O4S/c1-30-25-19(15-35(30,33)34)11-18-13-22(29-26(31)32)8-9-23(18)24(25)10-7-21-6-5-17(14-28-21)16-3-2-4-20(27)12-16/h2-7,10,12,14,18-19,22-25,29H,8-9,11,13,15H2,1H3,(H,31,32)/b10-7+/t18-,19-,22-,23-,24+,25+/m1/s1. The first kappa shape index (κ1) is 23.9. The van der Waals surface area contributed by atoms with Crippen LogP contribution in [0.1, 0.15) is 31.4 Å². The molecule has 2 aliphatic carbocycles. The lowest BCUT2D eigenvalue weighted by atomic mass is 9.59. The van der Waals surface area contributed by atoms with Crippen molar-refractivity contribution in [3.05, 3.63) is 60.2 Å². The van der Waals surface area contributed by atoms with Gasteiger partial charge in [0.1, 0.15) is 5.82 Å². The highest BCUT2D eigenvalue weighted by Gasteiger charge is 2.54. The van der Waals surface area contributed by atoms with E-state index in [0.717, 1.165) is 42.5 Å². The molecule has 9 heteroatoms. The molecule has 7 nitrogen and oxygen atoms in total. The van der Waals surface area contributed by atoms with E-state index >= 15 is 0 Å². The fourth-order valence-corrected chi connectivity index (χ4v) is 8.35. The van der Waals surface area contributed by atoms with Crippen molar-refractivity contribution in [2.24, 2.45) is 23.7 Å². The maximum atomic E-state index is 13.6. The summed E-state index contributed by atoms with van der Waals surface area (Å²) in [5, 5.41) is 11.8. The molecule has 1 amide bonds. The van der Waals surface area contributed by atoms with Gasteiger partial charge in [0.2, 0.25) is 10.0 Å². The molecule has 0 bridgehead atoms. The summed E-state index contributed by atoms with van der Waals surface area (Å²) in [4.78, 5) is 15.7. The normalized spacial score (nSPS) is 32.2. The predicted molar refractivity (Wildman–Crippen MR) is 131 cm³/mol. The number of amides is 1. The van der Waals surface area contributed by atoms with E-state index in [4.69, 9.17) is 5.11 Å². The van der Waals surface area contributed by atoms with Crippen LogP contribution in [0.25, 0.3) is 17.2 Å². The summed E-state index contributed by atoms with van der Waals surface area (Å²) in [7, 11) is -1.61. The zero-order chi connectivity index (χ0) is 24.7. The number of hydrogen-bond donors (Lipinski definition) is 2. The number of nitrogens with one attached hydrogen (secondary N) is 1. The number of halogens is 1. The average Bonchev–Trinajstić information content (AvgIpc) is 3.04. The second-order valence-corrected chi connectivity index (χ2v) is 12.2. The number of fused-ring (bicyclic) bond motifs is 2. The maximum absolute atomic E-state index is 13.6. The highest BCUT2D eigenvalue weighted by Crippen LogP contribution is 2.51. The molecule has 5 rings (SSSR count). The number of rotatable bonds is 4. The Morgan fingerprint density at radius 3 is 2.71 bits per heavy atom. The summed E-state index contributed by atoms with van der Waals surface area (Å²) in [6, 6.07) is 10.0. The van der Waals surface area contributed by atoms with Crippen molar-refractivity contribution < 1.29 is 22.7 Å². The molecular formula is C26H30FN3O4S. The number of carbonyl (C=O) groups is 1. The second kappa shape index (κ2) is 9.35. The predicted octanol–water partition coefficient (Wildman–Crippen LogP) is 4.23. The lowest BCUT2D eigenvalue weighted by Gasteiger charge is -2.48. The van der Waals surface area contributed by atoms with Gasteiger partial charge in [-0.15, -0.1) is 0 Å². The van der Waals surface area contributed by atoms with Gasteiger partial charge in [-0.05, 0) is 79.2 Å². The first-order valence-corrected chi connectivity index (χ1v) is 13.7. The average molecular weight is 500 g/mol. The topological polar surface area (TPSA) is 99.6 Å². The lowest BCUT2D eigenvalue weighted by Crippen LogP contribution is -2.51. The molecule has 2 N–H and O–H groups in total. The minimum Gasteiger partial charge on any atom is -0.465 e. The van der Waals surface area contributed by atoms with E-state index in [1.54, 1.807) is 23.6 Å². The molecule has 1 saturated heterocycles. The van der Waals surface area contributed by atoms with E-state index in [-0.39, 0.29) is 41.4 Å². The Labute approximate surface area is 205 Å². The highest BCUT2D eigenvalue weighted by molar-refractivity contribution is 7.89. The molecule has 1 aromatic heterocycles. The molecule has 0 unspecified atom stereocenters. The number of pyridine rings is 1. The van der Waals surface area contributed by atoms with Crippen LogP contribution in [0.2, 0.25) is 0 Å². The van der Waals surface area contributed by atoms with Crippen LogP contribution in [-0.2, 0) is 10.0 Å². The van der Waals surface area contributed by atoms with E-state index in [1.807, 2.05) is 24.3 Å². The van der Waals surface area contributed by atoms with Crippen LogP contribution in [0.4, 0.5) is 9.18 Å². The van der Waals surface area contributed by atoms with Crippen LogP contribution in [0.5, 0.6) is 0 Å². The Hall–Kier alpha value is -2.78. The molecular weight excluding hydrogens is 469 g/mol. The molecule has 0 spiro atoms. The van der Waals surface area contributed by atoms with E-state index in [9.17, 15) is 17.6 Å². The van der Waals surface area contributed by atoms with E-state index < -0.39 is 16.1 Å². The van der Waals surface area contributed by atoms with Crippen molar-refractivity contribution in [1.29, 1.82) is 0 Å². The van der Waals surface area contributed by atoms with Crippen LogP contribution in [-0.4, -0.2) is 53.8 Å². The Morgan fingerprint density at radius 2 is 2.00 bits per heavy atom. The van der Waals surface area contributed by atoms with Crippen molar-refractivity contribution in [3.63, 3.8) is 0 Å². The molecule has 2 heterocycles. The van der Waals surface area contributed by atoms with Crippen LogP contribution < -0.4 is 5.32 Å². The molecule has 35 heavy (non-hydrogen) atoms. The van der Waals surface area contributed by atoms with E-state index in [2.05, 4.69) is 16.4 Å². The van der Waals surface area contributed by atoms with E-state index in [0.29, 0.717) is 5.92 Å². The third-order valence-electron chi connectivity index (χ3n) is 8.06. The summed E-state index contributed by atoms with van der Waals surface area (Å²) >= 11 is 0. The summed E-state index contributed by atoms with van der Waals surface area (Å²) in [6.45, 7) is 0. The Morgan fingerprint density at radius 1 is 1.17 bits per heavy atom. The Kier molecular flexibility index (Phi) is 6.40. The molecule has 3 aliphatic rings. The first-order valence-electron chi connectivity index (χ1n) is 12.1. The molecule has 3 fully saturated rings. The number of nitrogens with zero attached hydrogens (tertiary/aromatic N) is 2. The minimum absolute atomic E-state index is 0.0350. The number of carboxylic acid groups (broad SMARTS) is 1. The molecule has 0 radical (unpaired) electrons. The third-order valence-corrected chi connectivity index (χ3v) is 10.0. The van der Waals surface area contributed by atoms with Gasteiger partial charge in [-0.2, -0.15) is 0 Å². The summed E-state index contributed by atoms with van der Waals surface area (Å²) in [6.07, 6.45) is 7.95. The lowest BCUT2D eigenvalue weighted by molar-refractivity contribution is 0.0403. The van der Waals surface area contributed by atoms with Crippen LogP contribution in [0.3, 0.4) is 0 Å². The number of aromatic nitrogens is 1. The summed E-state index contributed by atoms with van der Waals surface area (Å²) < 4.78 is 40.6. The maximum Gasteiger partial charge on any atom is 0.404 e. The third kappa shape index (κ3) is 4.84. The second-order valence-electron chi connectivity index (χ2n) is 10.1. The minimum atomic E-state index is -3.30. The highest BCUT2D eigenvalue weighted by atomic mass is 32.2. The SMILES string of the molecule is CN1[C@H]2[C@H](C[C@@H]3C[C@H](NC(=O)O)CC[C@H]3[C@@H]2/C=C/c2ccc(-c3cccc(F)c3)cn2)CS1(=O)=O. The van der Waals surface area contributed by atoms with Gasteiger partial charge in [-0.1, -0.05) is 24.3 Å². The van der Waals surface area contributed by atoms with Crippen molar-refractivity contribution in [2.45, 2.75) is 37.8 Å². The van der Waals surface area contributed by atoms with Gasteiger partial charge in [-0.25, -0.2) is 21.9 Å². The molecule has 6 atom stereocenters. The monoisotopic (exact) mass is 499 g/mol. The van der Waals surface area contributed by atoms with Crippen molar-refractivity contribution >= 4 is 22.2 Å². The van der Waals surface area contributed by atoms with Gasteiger partial charge in [0, 0.05) is 30.9 Å². The van der Waals surface area contributed by atoms with Crippen molar-refractivity contribution in [3.8, 4) is 11.1 Å². The molecule has 186 valence electrons. The van der Waals surface area contributed by atoms with Crippen LogP contribution >= 0.6 is 0 Å². The summed E-state index contributed by atoms with van der Waals surface area (Å²) in [5.41, 5.74) is 2.34. The Balaban J connectivity index is 1.39. The van der Waals surface area contributed by atoms with Crippen LogP contribution in [0, 0.1) is 29.5 Å². The van der Waals surface area contributed by atoms with Crippen molar-refractivity contribution in [1.82, 2.24) is 14.6 Å². The van der Waals surface area contributed by atoms with Crippen molar-refractivity contribution in [2.75, 3.05) is 12.8 Å². The largest absolute Gasteiger partial charge is 0.465 e. The zero-order valence-electron chi connectivity index (χ0n) is 19.5. The smallest absolute Gasteiger partial charge is 0.404 e. The van der Waals surface area contributed by atoms with E-state index in [1.165, 1.54) is 12.1 Å². The van der Waals surface area contributed by atoms with Gasteiger partial charge in [-0.3, -0.25) is 4.98 Å². The Bertz CT molecular complexity index is 1230. The van der Waals surface area contributed by atoms with Gasteiger partial charge in [0.05, 0.1) is 11.4 Å². The van der Waals surface area contributed by atoms with Gasteiger partial charge in [0.15, 0.2) is 0 Å². The first-order chi connectivity index (χ1) is 16.7. The number of hydrogen-bond acceptors (Lipinski definition) is 4. The molecule has 1 aromatic carbocycles. The number of benzene rings is 1. The zero-order valence-corrected chi connectivity index (χ0v) is 20.4. The fraction of sp³-hybridized carbons (Fsp3) is 0.462. The fourth-order valence-electron chi connectivity index (χ4n) is 6.56.